The van der Waals surface area contributed by atoms with Gasteiger partial charge in [-0.15, -0.1) is 0 Å². The van der Waals surface area contributed by atoms with Crippen LogP contribution in [-0.4, -0.2) is 21.0 Å². The van der Waals surface area contributed by atoms with E-state index in [1.54, 1.807) is 13.0 Å². The number of rotatable bonds is 6. The van der Waals surface area contributed by atoms with Crippen molar-refractivity contribution in [2.24, 2.45) is 0 Å². The van der Waals surface area contributed by atoms with Gasteiger partial charge in [0, 0.05) is 12.1 Å². The summed E-state index contributed by atoms with van der Waals surface area (Å²) in [5.74, 6) is 1.10. The van der Waals surface area contributed by atoms with Gasteiger partial charge in [0.15, 0.2) is 0 Å². The molecular weight excluding hydrogens is 240 g/mol. The minimum absolute atomic E-state index is 0.117. The Hall–Kier alpha value is -0.850. The minimum Gasteiger partial charge on any atom is -0.464 e. The van der Waals surface area contributed by atoms with Gasteiger partial charge in [0.05, 0.1) is 6.54 Å². The molecular formula is C11H18N2O3S. The Morgan fingerprint density at radius 1 is 1.47 bits per heavy atom. The van der Waals surface area contributed by atoms with Crippen LogP contribution in [0.5, 0.6) is 0 Å². The van der Waals surface area contributed by atoms with E-state index in [1.165, 1.54) is 0 Å². The van der Waals surface area contributed by atoms with Crippen molar-refractivity contribution >= 4 is 10.0 Å². The lowest BCUT2D eigenvalue weighted by Gasteiger charge is -2.02. The van der Waals surface area contributed by atoms with Crippen molar-refractivity contribution in [2.45, 2.75) is 44.2 Å². The summed E-state index contributed by atoms with van der Waals surface area (Å²) < 4.78 is 32.1. The van der Waals surface area contributed by atoms with Crippen molar-refractivity contribution in [2.75, 3.05) is 6.54 Å². The molecule has 0 aliphatic heterocycles. The Bertz CT molecular complexity index is 489. The van der Waals surface area contributed by atoms with Crippen LogP contribution in [0.1, 0.15) is 31.3 Å². The normalized spacial score (nSPS) is 16.4. The third kappa shape index (κ3) is 3.08. The SMILES string of the molecule is CCNCc1cc(S(=O)(=O)NC2CC2)c(C)o1. The number of nitrogens with one attached hydrogen (secondary N) is 2. The number of furan rings is 1. The van der Waals surface area contributed by atoms with Crippen LogP contribution < -0.4 is 10.0 Å². The molecule has 1 aromatic heterocycles. The average Bonchev–Trinajstić information content (AvgIpc) is 2.96. The molecule has 5 nitrogen and oxygen atoms in total. The smallest absolute Gasteiger partial charge is 0.244 e. The van der Waals surface area contributed by atoms with E-state index in [0.717, 1.165) is 19.4 Å². The van der Waals surface area contributed by atoms with Crippen LogP contribution in [0.4, 0.5) is 0 Å². The summed E-state index contributed by atoms with van der Waals surface area (Å²) in [6, 6.07) is 1.72. The van der Waals surface area contributed by atoms with Crippen molar-refractivity contribution in [3.63, 3.8) is 0 Å². The van der Waals surface area contributed by atoms with Crippen LogP contribution in [0.25, 0.3) is 0 Å². The Labute approximate surface area is 102 Å². The first kappa shape index (κ1) is 12.6. The van der Waals surface area contributed by atoms with E-state index in [4.69, 9.17) is 4.42 Å². The van der Waals surface area contributed by atoms with Gasteiger partial charge in [-0.25, -0.2) is 13.1 Å². The maximum Gasteiger partial charge on any atom is 0.244 e. The van der Waals surface area contributed by atoms with E-state index >= 15 is 0 Å². The van der Waals surface area contributed by atoms with E-state index < -0.39 is 10.0 Å². The number of aryl methyl sites for hydroxylation is 1. The third-order valence-electron chi connectivity index (χ3n) is 2.66. The molecule has 0 amide bonds. The average molecular weight is 258 g/mol. The second-order valence-corrected chi connectivity index (χ2v) is 5.99. The molecule has 0 spiro atoms. The van der Waals surface area contributed by atoms with Gasteiger partial charge < -0.3 is 9.73 Å². The Morgan fingerprint density at radius 2 is 2.18 bits per heavy atom. The zero-order chi connectivity index (χ0) is 12.5. The molecule has 2 N–H and O–H groups in total. The zero-order valence-corrected chi connectivity index (χ0v) is 10.9. The van der Waals surface area contributed by atoms with Crippen LogP contribution in [0.2, 0.25) is 0 Å². The lowest BCUT2D eigenvalue weighted by atomic mass is 10.4. The highest BCUT2D eigenvalue weighted by molar-refractivity contribution is 7.89. The van der Waals surface area contributed by atoms with E-state index in [1.807, 2.05) is 6.92 Å². The zero-order valence-electron chi connectivity index (χ0n) is 10.1. The Morgan fingerprint density at radius 3 is 2.76 bits per heavy atom. The first-order valence-electron chi connectivity index (χ1n) is 5.85. The molecule has 1 aromatic rings. The quantitative estimate of drug-likeness (QED) is 0.802. The third-order valence-corrected chi connectivity index (χ3v) is 4.29. The maximum atomic E-state index is 12.0. The molecule has 1 aliphatic rings. The standard InChI is InChI=1S/C11H18N2O3S/c1-3-12-7-10-6-11(8(2)16-10)17(14,15)13-9-4-5-9/h6,9,12-13H,3-5,7H2,1-2H3. The largest absolute Gasteiger partial charge is 0.464 e. The molecule has 1 heterocycles. The fourth-order valence-electron chi connectivity index (χ4n) is 1.61. The first-order chi connectivity index (χ1) is 8.03. The van der Waals surface area contributed by atoms with Crippen LogP contribution in [0, 0.1) is 6.92 Å². The van der Waals surface area contributed by atoms with Crippen LogP contribution in [-0.2, 0) is 16.6 Å². The lowest BCUT2D eigenvalue weighted by molar-refractivity contribution is 0.460. The summed E-state index contributed by atoms with van der Waals surface area (Å²) in [7, 11) is -3.40. The molecule has 1 aliphatic carbocycles. The monoisotopic (exact) mass is 258 g/mol. The van der Waals surface area contributed by atoms with Gasteiger partial charge in [0.2, 0.25) is 10.0 Å². The molecule has 0 radical (unpaired) electrons. The van der Waals surface area contributed by atoms with Crippen molar-refractivity contribution in [3.8, 4) is 0 Å². The maximum absolute atomic E-state index is 12.0. The van der Waals surface area contributed by atoms with E-state index in [9.17, 15) is 8.42 Å². The topological polar surface area (TPSA) is 71.3 Å². The first-order valence-corrected chi connectivity index (χ1v) is 7.33. The summed E-state index contributed by atoms with van der Waals surface area (Å²) in [6.45, 7) is 5.04. The summed E-state index contributed by atoms with van der Waals surface area (Å²) >= 11 is 0. The van der Waals surface area contributed by atoms with Crippen LogP contribution in [0.15, 0.2) is 15.4 Å². The Kier molecular flexibility index (Phi) is 3.56. The molecule has 17 heavy (non-hydrogen) atoms. The highest BCUT2D eigenvalue weighted by atomic mass is 32.2. The molecule has 0 unspecified atom stereocenters. The summed E-state index contributed by atoms with van der Waals surface area (Å²) in [4.78, 5) is 0.261. The van der Waals surface area contributed by atoms with Gasteiger partial charge in [0.25, 0.3) is 0 Å². The second kappa shape index (κ2) is 4.80. The predicted molar refractivity (Wildman–Crippen MR) is 64.2 cm³/mol. The molecule has 1 fully saturated rings. The fraction of sp³-hybridized carbons (Fsp3) is 0.636. The number of hydrogen-bond donors (Lipinski definition) is 2. The van der Waals surface area contributed by atoms with Crippen molar-refractivity contribution < 1.29 is 12.8 Å². The molecule has 2 rings (SSSR count). The summed E-state index contributed by atoms with van der Waals surface area (Å²) in [5.41, 5.74) is 0. The molecule has 6 heteroatoms. The van der Waals surface area contributed by atoms with Gasteiger partial charge in [-0.2, -0.15) is 0 Å². The van der Waals surface area contributed by atoms with Crippen LogP contribution in [0.3, 0.4) is 0 Å². The highest BCUT2D eigenvalue weighted by Crippen LogP contribution is 2.25. The fourth-order valence-corrected chi connectivity index (χ4v) is 3.12. The number of hydrogen-bond acceptors (Lipinski definition) is 4. The van der Waals surface area contributed by atoms with Crippen molar-refractivity contribution in [1.29, 1.82) is 0 Å². The number of sulfonamides is 1. The Balaban J connectivity index is 2.16. The van der Waals surface area contributed by atoms with Crippen LogP contribution >= 0.6 is 0 Å². The van der Waals surface area contributed by atoms with Gasteiger partial charge in [-0.1, -0.05) is 6.92 Å². The van der Waals surface area contributed by atoms with Gasteiger partial charge in [-0.05, 0) is 26.3 Å². The molecule has 0 saturated heterocycles. The molecule has 96 valence electrons. The molecule has 0 atom stereocenters. The van der Waals surface area contributed by atoms with Crippen molar-refractivity contribution in [3.05, 3.63) is 17.6 Å². The lowest BCUT2D eigenvalue weighted by Crippen LogP contribution is -2.25. The molecule has 0 aromatic carbocycles. The van der Waals surface area contributed by atoms with Gasteiger partial charge >= 0.3 is 0 Å². The summed E-state index contributed by atoms with van der Waals surface area (Å²) in [6.07, 6.45) is 1.86. The molecule has 1 saturated carbocycles. The minimum atomic E-state index is -3.40. The second-order valence-electron chi connectivity index (χ2n) is 4.31. The van der Waals surface area contributed by atoms with E-state index in [-0.39, 0.29) is 10.9 Å². The highest BCUT2D eigenvalue weighted by Gasteiger charge is 2.30. The summed E-state index contributed by atoms with van der Waals surface area (Å²) in [5, 5.41) is 3.10. The predicted octanol–water partition coefficient (Wildman–Crippen LogP) is 1.14. The van der Waals surface area contributed by atoms with Gasteiger partial charge in [0.1, 0.15) is 16.4 Å². The van der Waals surface area contributed by atoms with E-state index in [2.05, 4.69) is 10.0 Å². The van der Waals surface area contributed by atoms with E-state index in [0.29, 0.717) is 18.1 Å². The van der Waals surface area contributed by atoms with Crippen molar-refractivity contribution in [1.82, 2.24) is 10.0 Å². The molecule has 0 bridgehead atoms. The van der Waals surface area contributed by atoms with Gasteiger partial charge in [-0.3, -0.25) is 0 Å².